The van der Waals surface area contributed by atoms with E-state index < -0.39 is 5.60 Å². The van der Waals surface area contributed by atoms with Gasteiger partial charge in [-0.05, 0) is 56.6 Å². The maximum absolute atomic E-state index is 10.3. The Morgan fingerprint density at radius 2 is 2.11 bits per heavy atom. The summed E-state index contributed by atoms with van der Waals surface area (Å²) in [7, 11) is 0. The number of rotatable bonds is 2. The molecule has 0 aromatic carbocycles. The van der Waals surface area contributed by atoms with E-state index in [-0.39, 0.29) is 12.5 Å². The van der Waals surface area contributed by atoms with E-state index in [0.29, 0.717) is 5.92 Å². The van der Waals surface area contributed by atoms with Gasteiger partial charge in [0.25, 0.3) is 0 Å². The molecule has 3 atom stereocenters. The second-order valence-corrected chi connectivity index (χ2v) is 5.88. The van der Waals surface area contributed by atoms with Crippen LogP contribution in [-0.4, -0.2) is 27.4 Å². The molecule has 0 unspecified atom stereocenters. The zero-order valence-corrected chi connectivity index (χ0v) is 11.5. The van der Waals surface area contributed by atoms with Gasteiger partial charge in [-0.1, -0.05) is 13.0 Å². The Balaban J connectivity index is 2.34. The Labute approximate surface area is 109 Å². The van der Waals surface area contributed by atoms with Crippen molar-refractivity contribution in [3.05, 3.63) is 29.1 Å². The zero-order chi connectivity index (χ0) is 13.3. The first-order valence-electron chi connectivity index (χ1n) is 6.73. The molecule has 0 fully saturated rings. The summed E-state index contributed by atoms with van der Waals surface area (Å²) in [4.78, 5) is 4.63. The summed E-state index contributed by atoms with van der Waals surface area (Å²) in [5, 5.41) is 19.6. The van der Waals surface area contributed by atoms with Crippen molar-refractivity contribution in [2.75, 3.05) is 6.61 Å². The van der Waals surface area contributed by atoms with Crippen molar-refractivity contribution in [2.45, 2.75) is 51.6 Å². The highest BCUT2D eigenvalue weighted by Crippen LogP contribution is 2.36. The van der Waals surface area contributed by atoms with Crippen molar-refractivity contribution in [1.29, 1.82) is 0 Å². The normalized spacial score (nSPS) is 27.2. The van der Waals surface area contributed by atoms with Gasteiger partial charge in [-0.3, -0.25) is 4.98 Å². The summed E-state index contributed by atoms with van der Waals surface area (Å²) in [6.07, 6.45) is 2.73. The fourth-order valence-corrected chi connectivity index (χ4v) is 2.84. The Bertz CT molecular complexity index is 429. The number of fused-ring (bicyclic) bond motifs is 1. The van der Waals surface area contributed by atoms with Crippen molar-refractivity contribution >= 4 is 0 Å². The molecular formula is C15H23NO2. The molecule has 0 aliphatic heterocycles. The van der Waals surface area contributed by atoms with Crippen LogP contribution in [0.2, 0.25) is 0 Å². The highest BCUT2D eigenvalue weighted by atomic mass is 16.3. The third-order valence-electron chi connectivity index (χ3n) is 4.27. The number of hydrogen-bond donors (Lipinski definition) is 2. The molecule has 1 aromatic heterocycles. The van der Waals surface area contributed by atoms with Gasteiger partial charge in [0.2, 0.25) is 0 Å². The van der Waals surface area contributed by atoms with Gasteiger partial charge in [0.05, 0.1) is 12.2 Å². The third-order valence-corrected chi connectivity index (χ3v) is 4.27. The molecule has 18 heavy (non-hydrogen) atoms. The molecule has 2 N–H and O–H groups in total. The van der Waals surface area contributed by atoms with Crippen LogP contribution in [0.25, 0.3) is 0 Å². The Kier molecular flexibility index (Phi) is 3.74. The summed E-state index contributed by atoms with van der Waals surface area (Å²) in [6, 6.07) is 4.22. The van der Waals surface area contributed by atoms with E-state index >= 15 is 0 Å². The molecule has 0 bridgehead atoms. The number of hydrogen-bond acceptors (Lipinski definition) is 3. The third kappa shape index (κ3) is 2.57. The van der Waals surface area contributed by atoms with Crippen LogP contribution in [-0.2, 0) is 6.42 Å². The summed E-state index contributed by atoms with van der Waals surface area (Å²) >= 11 is 0. The lowest BCUT2D eigenvalue weighted by atomic mass is 9.83. The molecule has 0 spiro atoms. The molecule has 1 aliphatic carbocycles. The van der Waals surface area contributed by atoms with Gasteiger partial charge in [-0.25, -0.2) is 0 Å². The topological polar surface area (TPSA) is 53.4 Å². The van der Waals surface area contributed by atoms with Crippen molar-refractivity contribution in [1.82, 2.24) is 4.98 Å². The van der Waals surface area contributed by atoms with Gasteiger partial charge in [-0.15, -0.1) is 0 Å². The SMILES string of the molecule is Cc1ccc2c(n1)C[C@H]([C@](C)(O)CO)CC[C@@H]2C. The highest BCUT2D eigenvalue weighted by molar-refractivity contribution is 5.28. The molecule has 0 radical (unpaired) electrons. The van der Waals surface area contributed by atoms with Crippen LogP contribution in [0.15, 0.2) is 12.1 Å². The Morgan fingerprint density at radius 1 is 1.39 bits per heavy atom. The minimum atomic E-state index is -1.01. The average Bonchev–Trinajstić information content (AvgIpc) is 2.49. The molecule has 0 saturated carbocycles. The average molecular weight is 249 g/mol. The molecule has 2 rings (SSSR count). The maximum Gasteiger partial charge on any atom is 0.0881 e. The van der Waals surface area contributed by atoms with Crippen molar-refractivity contribution in [2.24, 2.45) is 5.92 Å². The number of aliphatic hydroxyl groups is 2. The van der Waals surface area contributed by atoms with Crippen LogP contribution >= 0.6 is 0 Å². The number of pyridine rings is 1. The molecule has 1 aromatic rings. The fraction of sp³-hybridized carbons (Fsp3) is 0.667. The zero-order valence-electron chi connectivity index (χ0n) is 11.5. The predicted octanol–water partition coefficient (Wildman–Crippen LogP) is 2.19. The smallest absolute Gasteiger partial charge is 0.0881 e. The molecule has 3 nitrogen and oxygen atoms in total. The molecule has 3 heteroatoms. The second kappa shape index (κ2) is 4.98. The summed E-state index contributed by atoms with van der Waals surface area (Å²) < 4.78 is 0. The Morgan fingerprint density at radius 3 is 2.78 bits per heavy atom. The van der Waals surface area contributed by atoms with Gasteiger partial charge in [-0.2, -0.15) is 0 Å². The van der Waals surface area contributed by atoms with Crippen LogP contribution < -0.4 is 0 Å². The van der Waals surface area contributed by atoms with E-state index in [9.17, 15) is 10.2 Å². The lowest BCUT2D eigenvalue weighted by molar-refractivity contribution is -0.0495. The summed E-state index contributed by atoms with van der Waals surface area (Å²) in [6.45, 7) is 5.75. The van der Waals surface area contributed by atoms with E-state index in [1.807, 2.05) is 6.92 Å². The van der Waals surface area contributed by atoms with Crippen LogP contribution in [0, 0.1) is 12.8 Å². The number of nitrogens with zero attached hydrogens (tertiary/aromatic N) is 1. The first kappa shape index (κ1) is 13.5. The molecule has 0 saturated heterocycles. The lowest BCUT2D eigenvalue weighted by Gasteiger charge is -2.30. The van der Waals surface area contributed by atoms with Crippen LogP contribution in [0.5, 0.6) is 0 Å². The molecule has 1 heterocycles. The first-order valence-corrected chi connectivity index (χ1v) is 6.73. The number of aliphatic hydroxyl groups excluding tert-OH is 1. The van der Waals surface area contributed by atoms with E-state index in [0.717, 1.165) is 30.7 Å². The Hall–Kier alpha value is -0.930. The quantitative estimate of drug-likeness (QED) is 0.790. The van der Waals surface area contributed by atoms with Gasteiger partial charge >= 0.3 is 0 Å². The standard InChI is InChI=1S/C15H23NO2/c1-10-4-6-12(15(3,18)9-17)8-14-13(10)7-5-11(2)16-14/h5,7,10,12,17-18H,4,6,8-9H2,1-3H3/t10-,12+,15+/m0/s1. The van der Waals surface area contributed by atoms with Crippen molar-refractivity contribution < 1.29 is 10.2 Å². The van der Waals surface area contributed by atoms with Gasteiger partial charge < -0.3 is 10.2 Å². The van der Waals surface area contributed by atoms with Crippen LogP contribution in [0.4, 0.5) is 0 Å². The minimum absolute atomic E-state index is 0.0838. The largest absolute Gasteiger partial charge is 0.393 e. The number of aromatic nitrogens is 1. The minimum Gasteiger partial charge on any atom is -0.393 e. The van der Waals surface area contributed by atoms with E-state index in [1.54, 1.807) is 6.92 Å². The number of aryl methyl sites for hydroxylation is 1. The lowest BCUT2D eigenvalue weighted by Crippen LogP contribution is -2.39. The van der Waals surface area contributed by atoms with Crippen molar-refractivity contribution in [3.63, 3.8) is 0 Å². The van der Waals surface area contributed by atoms with Crippen LogP contribution in [0.1, 0.15) is 49.6 Å². The second-order valence-electron chi connectivity index (χ2n) is 5.88. The van der Waals surface area contributed by atoms with E-state index in [4.69, 9.17) is 0 Å². The molecule has 1 aliphatic rings. The molecule has 0 amide bonds. The monoisotopic (exact) mass is 249 g/mol. The predicted molar refractivity (Wildman–Crippen MR) is 71.5 cm³/mol. The van der Waals surface area contributed by atoms with Gasteiger partial charge in [0.15, 0.2) is 0 Å². The van der Waals surface area contributed by atoms with E-state index in [2.05, 4.69) is 24.0 Å². The van der Waals surface area contributed by atoms with Gasteiger partial charge in [0.1, 0.15) is 0 Å². The first-order chi connectivity index (χ1) is 8.44. The summed E-state index contributed by atoms with van der Waals surface area (Å²) in [5.74, 6) is 0.563. The summed E-state index contributed by atoms with van der Waals surface area (Å²) in [5.41, 5.74) is 2.41. The maximum atomic E-state index is 10.3. The van der Waals surface area contributed by atoms with Crippen molar-refractivity contribution in [3.8, 4) is 0 Å². The fourth-order valence-electron chi connectivity index (χ4n) is 2.84. The highest BCUT2D eigenvalue weighted by Gasteiger charge is 2.34. The van der Waals surface area contributed by atoms with E-state index in [1.165, 1.54) is 5.56 Å². The van der Waals surface area contributed by atoms with Gasteiger partial charge in [0, 0.05) is 11.4 Å². The van der Waals surface area contributed by atoms with Crippen LogP contribution in [0.3, 0.4) is 0 Å². The molecule has 100 valence electrons. The molecular weight excluding hydrogens is 226 g/mol.